The number of benzene rings is 1. The monoisotopic (exact) mass is 282 g/mol. The number of halogens is 2. The molecule has 112 valence electrons. The molecule has 0 spiro atoms. The number of nitrogens with one attached hydrogen (secondary N) is 1. The number of hydrogen-bond donors (Lipinski definition) is 1. The molecule has 0 amide bonds. The van der Waals surface area contributed by atoms with Gasteiger partial charge >= 0.3 is 0 Å². The molecule has 0 aromatic heterocycles. The third-order valence-electron chi connectivity index (χ3n) is 3.76. The van der Waals surface area contributed by atoms with Gasteiger partial charge in [-0.2, -0.15) is 0 Å². The summed E-state index contributed by atoms with van der Waals surface area (Å²) in [6, 6.07) is 3.79. The SMILES string of the molecule is CC1CNCC(C)CN(CCc2cc(F)cc(F)c2)C1. The molecule has 1 fully saturated rings. The molecule has 2 nitrogen and oxygen atoms in total. The van der Waals surface area contributed by atoms with Crippen molar-refractivity contribution in [1.29, 1.82) is 0 Å². The van der Waals surface area contributed by atoms with Crippen molar-refractivity contribution in [2.24, 2.45) is 11.8 Å². The standard InChI is InChI=1S/C16H24F2N2/c1-12-8-19-9-13(2)11-20(10-12)4-3-14-5-15(17)7-16(18)6-14/h5-7,12-13,19H,3-4,8-11H2,1-2H3. The van der Waals surface area contributed by atoms with Gasteiger partial charge in [0.15, 0.2) is 0 Å². The van der Waals surface area contributed by atoms with Crippen LogP contribution in [0.25, 0.3) is 0 Å². The fourth-order valence-electron chi connectivity index (χ4n) is 2.89. The summed E-state index contributed by atoms with van der Waals surface area (Å²) in [6.07, 6.45) is 0.696. The van der Waals surface area contributed by atoms with Crippen LogP contribution < -0.4 is 5.32 Å². The highest BCUT2D eigenvalue weighted by Gasteiger charge is 2.17. The molecule has 2 rings (SSSR count). The lowest BCUT2D eigenvalue weighted by Gasteiger charge is -2.31. The second kappa shape index (κ2) is 7.14. The summed E-state index contributed by atoms with van der Waals surface area (Å²) in [6.45, 7) is 9.47. The zero-order valence-corrected chi connectivity index (χ0v) is 12.3. The Morgan fingerprint density at radius 2 is 1.60 bits per heavy atom. The maximum absolute atomic E-state index is 13.2. The molecule has 2 atom stereocenters. The molecule has 1 saturated heterocycles. The topological polar surface area (TPSA) is 15.3 Å². The second-order valence-electron chi connectivity index (χ2n) is 6.16. The molecule has 2 unspecified atom stereocenters. The van der Waals surface area contributed by atoms with E-state index in [-0.39, 0.29) is 0 Å². The van der Waals surface area contributed by atoms with Crippen LogP contribution in [0.3, 0.4) is 0 Å². The zero-order valence-electron chi connectivity index (χ0n) is 12.3. The molecule has 4 heteroatoms. The largest absolute Gasteiger partial charge is 0.316 e. The van der Waals surface area contributed by atoms with Gasteiger partial charge in [-0.25, -0.2) is 8.78 Å². The van der Waals surface area contributed by atoms with Gasteiger partial charge in [-0.3, -0.25) is 0 Å². The molecule has 1 N–H and O–H groups in total. The van der Waals surface area contributed by atoms with E-state index in [1.807, 2.05) is 0 Å². The number of hydrogen-bond acceptors (Lipinski definition) is 2. The quantitative estimate of drug-likeness (QED) is 0.917. The van der Waals surface area contributed by atoms with Crippen LogP contribution in [0, 0.1) is 23.5 Å². The second-order valence-corrected chi connectivity index (χ2v) is 6.16. The van der Waals surface area contributed by atoms with E-state index in [9.17, 15) is 8.78 Å². The van der Waals surface area contributed by atoms with Crippen LogP contribution >= 0.6 is 0 Å². The van der Waals surface area contributed by atoms with E-state index in [0.717, 1.165) is 44.4 Å². The lowest BCUT2D eigenvalue weighted by molar-refractivity contribution is 0.187. The normalized spacial score (nSPS) is 25.2. The zero-order chi connectivity index (χ0) is 14.5. The summed E-state index contributed by atoms with van der Waals surface area (Å²) in [5.74, 6) is 0.232. The van der Waals surface area contributed by atoms with E-state index in [1.54, 1.807) is 0 Å². The highest BCUT2D eigenvalue weighted by Crippen LogP contribution is 2.12. The van der Waals surface area contributed by atoms with Crippen molar-refractivity contribution < 1.29 is 8.78 Å². The fourth-order valence-corrected chi connectivity index (χ4v) is 2.89. The third kappa shape index (κ3) is 4.84. The molecule has 1 heterocycles. The molecule has 1 aromatic carbocycles. The van der Waals surface area contributed by atoms with Gasteiger partial charge in [0.25, 0.3) is 0 Å². The van der Waals surface area contributed by atoms with Crippen LogP contribution in [-0.2, 0) is 6.42 Å². The molecule has 0 aliphatic carbocycles. The first-order chi connectivity index (χ1) is 9.52. The highest BCUT2D eigenvalue weighted by molar-refractivity contribution is 5.18. The minimum atomic E-state index is -0.487. The molecular formula is C16H24F2N2. The predicted octanol–water partition coefficient (Wildman–Crippen LogP) is 2.68. The lowest BCUT2D eigenvalue weighted by Crippen LogP contribution is -2.43. The molecule has 1 aromatic rings. The fraction of sp³-hybridized carbons (Fsp3) is 0.625. The van der Waals surface area contributed by atoms with Gasteiger partial charge in [0, 0.05) is 25.7 Å². The summed E-state index contributed by atoms with van der Waals surface area (Å²) >= 11 is 0. The Labute approximate surface area is 120 Å². The first kappa shape index (κ1) is 15.4. The van der Waals surface area contributed by atoms with Crippen molar-refractivity contribution in [3.63, 3.8) is 0 Å². The van der Waals surface area contributed by atoms with Crippen LogP contribution in [0.5, 0.6) is 0 Å². The molecule has 0 saturated carbocycles. The van der Waals surface area contributed by atoms with E-state index < -0.39 is 11.6 Å². The Kier molecular flexibility index (Phi) is 5.49. The van der Waals surface area contributed by atoms with Crippen molar-refractivity contribution in [1.82, 2.24) is 10.2 Å². The van der Waals surface area contributed by atoms with Gasteiger partial charge in [0.1, 0.15) is 11.6 Å². The smallest absolute Gasteiger partial charge is 0.126 e. The van der Waals surface area contributed by atoms with Crippen molar-refractivity contribution in [3.8, 4) is 0 Å². The first-order valence-electron chi connectivity index (χ1n) is 7.41. The van der Waals surface area contributed by atoms with Gasteiger partial charge < -0.3 is 10.2 Å². The van der Waals surface area contributed by atoms with E-state index in [1.165, 1.54) is 12.1 Å². The molecule has 0 radical (unpaired) electrons. The summed E-state index contributed by atoms with van der Waals surface area (Å²) in [5.41, 5.74) is 0.739. The first-order valence-corrected chi connectivity index (χ1v) is 7.41. The Bertz CT molecular complexity index is 404. The summed E-state index contributed by atoms with van der Waals surface area (Å²) in [7, 11) is 0. The van der Waals surface area contributed by atoms with Crippen molar-refractivity contribution in [2.75, 3.05) is 32.7 Å². The minimum absolute atomic E-state index is 0.487. The van der Waals surface area contributed by atoms with Crippen LogP contribution in [0.15, 0.2) is 18.2 Å². The molecule has 1 aliphatic rings. The Balaban J connectivity index is 1.93. The van der Waals surface area contributed by atoms with Gasteiger partial charge in [-0.05, 0) is 49.0 Å². The van der Waals surface area contributed by atoms with E-state index in [0.29, 0.717) is 18.3 Å². The Hall–Kier alpha value is -1.00. The van der Waals surface area contributed by atoms with Gasteiger partial charge in [-0.1, -0.05) is 13.8 Å². The van der Waals surface area contributed by atoms with Gasteiger partial charge in [0.2, 0.25) is 0 Å². The third-order valence-corrected chi connectivity index (χ3v) is 3.76. The number of nitrogens with zero attached hydrogens (tertiary/aromatic N) is 1. The summed E-state index contributed by atoms with van der Waals surface area (Å²) in [5, 5.41) is 3.47. The highest BCUT2D eigenvalue weighted by atomic mass is 19.1. The van der Waals surface area contributed by atoms with E-state index in [4.69, 9.17) is 0 Å². The molecular weight excluding hydrogens is 258 g/mol. The van der Waals surface area contributed by atoms with Crippen LogP contribution in [0.4, 0.5) is 8.78 Å². The van der Waals surface area contributed by atoms with Crippen LogP contribution in [-0.4, -0.2) is 37.6 Å². The Morgan fingerprint density at radius 3 is 2.15 bits per heavy atom. The Morgan fingerprint density at radius 1 is 1.05 bits per heavy atom. The summed E-state index contributed by atoms with van der Waals surface area (Å²) in [4.78, 5) is 2.42. The molecule has 0 bridgehead atoms. The summed E-state index contributed by atoms with van der Waals surface area (Å²) < 4.78 is 26.3. The van der Waals surface area contributed by atoms with Crippen LogP contribution in [0.2, 0.25) is 0 Å². The maximum Gasteiger partial charge on any atom is 0.126 e. The van der Waals surface area contributed by atoms with Crippen molar-refractivity contribution in [3.05, 3.63) is 35.4 Å². The average molecular weight is 282 g/mol. The lowest BCUT2D eigenvalue weighted by atomic mass is 10.0. The predicted molar refractivity (Wildman–Crippen MR) is 77.7 cm³/mol. The molecule has 20 heavy (non-hydrogen) atoms. The minimum Gasteiger partial charge on any atom is -0.316 e. The van der Waals surface area contributed by atoms with Crippen molar-refractivity contribution in [2.45, 2.75) is 20.3 Å². The van der Waals surface area contributed by atoms with Gasteiger partial charge in [0.05, 0.1) is 0 Å². The maximum atomic E-state index is 13.2. The van der Waals surface area contributed by atoms with E-state index in [2.05, 4.69) is 24.1 Å². The van der Waals surface area contributed by atoms with Crippen molar-refractivity contribution >= 4 is 0 Å². The molecule has 1 aliphatic heterocycles. The van der Waals surface area contributed by atoms with Gasteiger partial charge in [-0.15, -0.1) is 0 Å². The van der Waals surface area contributed by atoms with Crippen LogP contribution in [0.1, 0.15) is 19.4 Å². The number of rotatable bonds is 3. The average Bonchev–Trinajstić information content (AvgIpc) is 2.32. The van der Waals surface area contributed by atoms with E-state index >= 15 is 0 Å².